The van der Waals surface area contributed by atoms with Gasteiger partial charge in [-0.15, -0.1) is 0 Å². The molecule has 1 fully saturated rings. The van der Waals surface area contributed by atoms with Crippen LogP contribution >= 0.6 is 11.6 Å². The van der Waals surface area contributed by atoms with Gasteiger partial charge in [0, 0.05) is 40.9 Å². The molecule has 2 heterocycles. The average molecular weight is 496 g/mol. The Labute approximate surface area is 208 Å². The van der Waals surface area contributed by atoms with Crippen molar-refractivity contribution in [3.05, 3.63) is 93.0 Å². The number of benzene rings is 2. The van der Waals surface area contributed by atoms with Crippen LogP contribution in [0.1, 0.15) is 55.6 Å². The maximum Gasteiger partial charge on any atom is 0.336 e. The van der Waals surface area contributed by atoms with Gasteiger partial charge in [0.05, 0.1) is 11.7 Å². The third-order valence-corrected chi connectivity index (χ3v) is 7.37. The molecular formula is C28H27ClFNO4. The number of dihydropyridines is 1. The van der Waals surface area contributed by atoms with Gasteiger partial charge in [-0.2, -0.15) is 0 Å². The molecule has 0 amide bonds. The monoisotopic (exact) mass is 495 g/mol. The van der Waals surface area contributed by atoms with E-state index in [-0.39, 0.29) is 36.7 Å². The molecule has 3 atom stereocenters. The standard InChI is InChI=1S/C28H27ClFNO4/c1-16-25(28(33)35-15-20-5-4-12-34-20)26(21-6-2-3-7-22(21)29)27-23(31-16)13-18(14-24(27)32)17-8-10-19(30)11-9-17/h2-3,6-11,18,20,26,31H,4-5,12-15H2,1H3/t18-,20+,26+/m1/s1. The first-order valence-corrected chi connectivity index (χ1v) is 12.3. The van der Waals surface area contributed by atoms with Crippen molar-refractivity contribution in [1.29, 1.82) is 0 Å². The highest BCUT2D eigenvalue weighted by Crippen LogP contribution is 2.47. The molecule has 0 aromatic heterocycles. The fourth-order valence-corrected chi connectivity index (χ4v) is 5.57. The average Bonchev–Trinajstić information content (AvgIpc) is 3.36. The number of ketones is 1. The number of hydrogen-bond donors (Lipinski definition) is 1. The minimum atomic E-state index is -0.626. The zero-order valence-corrected chi connectivity index (χ0v) is 20.2. The number of nitrogens with one attached hydrogen (secondary N) is 1. The number of rotatable bonds is 5. The van der Waals surface area contributed by atoms with Crippen molar-refractivity contribution in [3.63, 3.8) is 0 Å². The molecule has 1 saturated heterocycles. The highest BCUT2D eigenvalue weighted by molar-refractivity contribution is 6.31. The number of Topliss-reactive ketones (excluding diaryl/α,β-unsaturated/α-hetero) is 1. The SMILES string of the molecule is CC1=C(C(=O)OC[C@@H]2CCCO2)[C@H](c2ccccc2Cl)C2=C(C[C@@H](c3ccc(F)cc3)CC2=O)N1. The van der Waals surface area contributed by atoms with Crippen molar-refractivity contribution < 1.29 is 23.5 Å². The Balaban J connectivity index is 1.51. The molecule has 1 N–H and O–H groups in total. The first kappa shape index (κ1) is 23.8. The van der Waals surface area contributed by atoms with Crippen molar-refractivity contribution in [2.24, 2.45) is 0 Å². The lowest BCUT2D eigenvalue weighted by atomic mass is 9.71. The number of carbonyl (C=O) groups is 2. The summed E-state index contributed by atoms with van der Waals surface area (Å²) in [5, 5.41) is 3.81. The van der Waals surface area contributed by atoms with Gasteiger partial charge in [0.15, 0.2) is 5.78 Å². The van der Waals surface area contributed by atoms with Crippen LogP contribution in [0, 0.1) is 5.82 Å². The van der Waals surface area contributed by atoms with Crippen molar-refractivity contribution in [2.45, 2.75) is 50.5 Å². The summed E-state index contributed by atoms with van der Waals surface area (Å²) in [5.74, 6) is -1.55. The molecule has 0 radical (unpaired) electrons. The zero-order valence-electron chi connectivity index (χ0n) is 19.5. The van der Waals surface area contributed by atoms with Crippen LogP contribution in [0.25, 0.3) is 0 Å². The van der Waals surface area contributed by atoms with E-state index in [0.29, 0.717) is 40.5 Å². The molecule has 0 bridgehead atoms. The molecule has 5 nitrogen and oxygen atoms in total. The lowest BCUT2D eigenvalue weighted by molar-refractivity contribution is -0.142. The summed E-state index contributed by atoms with van der Waals surface area (Å²) >= 11 is 6.59. The molecule has 182 valence electrons. The van der Waals surface area contributed by atoms with Crippen LogP contribution in [0.5, 0.6) is 0 Å². The number of esters is 1. The lowest BCUT2D eigenvalue weighted by Gasteiger charge is -2.37. The summed E-state index contributed by atoms with van der Waals surface area (Å²) < 4.78 is 24.7. The van der Waals surface area contributed by atoms with E-state index < -0.39 is 11.9 Å². The first-order chi connectivity index (χ1) is 16.9. The molecule has 1 aliphatic carbocycles. The van der Waals surface area contributed by atoms with Crippen LogP contribution in [0.2, 0.25) is 5.02 Å². The predicted molar refractivity (Wildman–Crippen MR) is 130 cm³/mol. The molecule has 0 spiro atoms. The Hall–Kier alpha value is -2.96. The Morgan fingerprint density at radius 2 is 1.94 bits per heavy atom. The molecule has 3 aliphatic rings. The smallest absolute Gasteiger partial charge is 0.336 e. The van der Waals surface area contributed by atoms with Gasteiger partial charge < -0.3 is 14.8 Å². The van der Waals surface area contributed by atoms with Gasteiger partial charge in [-0.25, -0.2) is 9.18 Å². The van der Waals surface area contributed by atoms with E-state index in [4.69, 9.17) is 21.1 Å². The molecule has 35 heavy (non-hydrogen) atoms. The van der Waals surface area contributed by atoms with E-state index >= 15 is 0 Å². The van der Waals surface area contributed by atoms with Crippen molar-refractivity contribution >= 4 is 23.4 Å². The summed E-state index contributed by atoms with van der Waals surface area (Å²) in [6.07, 6.45) is 2.55. The van der Waals surface area contributed by atoms with E-state index in [0.717, 1.165) is 24.1 Å². The van der Waals surface area contributed by atoms with E-state index in [2.05, 4.69) is 5.32 Å². The summed E-state index contributed by atoms with van der Waals surface area (Å²) in [6.45, 7) is 2.67. The molecular weight excluding hydrogens is 469 g/mol. The van der Waals surface area contributed by atoms with Gasteiger partial charge in [-0.05, 0) is 61.4 Å². The normalized spacial score (nSPS) is 24.3. The minimum Gasteiger partial charge on any atom is -0.459 e. The van der Waals surface area contributed by atoms with Crippen molar-refractivity contribution in [3.8, 4) is 0 Å². The fraction of sp³-hybridized carbons (Fsp3) is 0.357. The van der Waals surface area contributed by atoms with Gasteiger partial charge in [0.2, 0.25) is 0 Å². The molecule has 2 aromatic rings. The van der Waals surface area contributed by atoms with Gasteiger partial charge in [0.25, 0.3) is 0 Å². The van der Waals surface area contributed by atoms with Crippen LogP contribution in [-0.4, -0.2) is 31.1 Å². The molecule has 0 unspecified atom stereocenters. The third-order valence-electron chi connectivity index (χ3n) is 7.03. The van der Waals surface area contributed by atoms with Crippen molar-refractivity contribution in [1.82, 2.24) is 5.32 Å². The highest BCUT2D eigenvalue weighted by Gasteiger charge is 2.42. The third kappa shape index (κ3) is 4.78. The Morgan fingerprint density at radius 3 is 2.66 bits per heavy atom. The number of hydrogen-bond acceptors (Lipinski definition) is 5. The molecule has 2 aromatic carbocycles. The number of ether oxygens (including phenoxy) is 2. The molecule has 5 rings (SSSR count). The van der Waals surface area contributed by atoms with Gasteiger partial charge in [-0.1, -0.05) is 41.9 Å². The van der Waals surface area contributed by atoms with Crippen LogP contribution in [0.15, 0.2) is 71.1 Å². The molecule has 2 aliphatic heterocycles. The minimum absolute atomic E-state index is 0.0603. The Kier molecular flexibility index (Phi) is 6.76. The number of allylic oxidation sites excluding steroid dienone is 3. The summed E-state index contributed by atoms with van der Waals surface area (Å²) in [7, 11) is 0. The van der Waals surface area contributed by atoms with E-state index in [1.165, 1.54) is 12.1 Å². The highest BCUT2D eigenvalue weighted by atomic mass is 35.5. The first-order valence-electron chi connectivity index (χ1n) is 11.9. The lowest BCUT2D eigenvalue weighted by Crippen LogP contribution is -2.36. The number of halogens is 2. The van der Waals surface area contributed by atoms with Crippen LogP contribution in [-0.2, 0) is 19.1 Å². The van der Waals surface area contributed by atoms with Crippen LogP contribution < -0.4 is 5.32 Å². The molecule has 7 heteroatoms. The van der Waals surface area contributed by atoms with Crippen molar-refractivity contribution in [2.75, 3.05) is 13.2 Å². The van der Waals surface area contributed by atoms with Crippen LogP contribution in [0.4, 0.5) is 4.39 Å². The topological polar surface area (TPSA) is 64.6 Å². The quantitative estimate of drug-likeness (QED) is 0.550. The summed E-state index contributed by atoms with van der Waals surface area (Å²) in [4.78, 5) is 27.0. The second-order valence-corrected chi connectivity index (χ2v) is 9.73. The maximum absolute atomic E-state index is 13.6. The summed E-state index contributed by atoms with van der Waals surface area (Å²) in [6, 6.07) is 13.6. The fourth-order valence-electron chi connectivity index (χ4n) is 5.32. The predicted octanol–water partition coefficient (Wildman–Crippen LogP) is 5.56. The Morgan fingerprint density at radius 1 is 1.17 bits per heavy atom. The largest absolute Gasteiger partial charge is 0.459 e. The van der Waals surface area contributed by atoms with Gasteiger partial charge in [0.1, 0.15) is 12.4 Å². The second-order valence-electron chi connectivity index (χ2n) is 9.32. The zero-order chi connectivity index (χ0) is 24.5. The van der Waals surface area contributed by atoms with E-state index in [1.54, 1.807) is 18.2 Å². The van der Waals surface area contributed by atoms with E-state index in [1.807, 2.05) is 25.1 Å². The van der Waals surface area contributed by atoms with Crippen LogP contribution in [0.3, 0.4) is 0 Å². The maximum atomic E-state index is 13.6. The summed E-state index contributed by atoms with van der Waals surface area (Å²) in [5.41, 5.74) is 3.95. The van der Waals surface area contributed by atoms with Gasteiger partial charge >= 0.3 is 5.97 Å². The van der Waals surface area contributed by atoms with E-state index in [9.17, 15) is 14.0 Å². The molecule has 0 saturated carbocycles. The Bertz CT molecular complexity index is 1210. The second kappa shape index (κ2) is 9.96. The number of carbonyl (C=O) groups excluding carboxylic acids is 2. The van der Waals surface area contributed by atoms with Gasteiger partial charge in [-0.3, -0.25) is 4.79 Å².